The van der Waals surface area contributed by atoms with Gasteiger partial charge in [0.25, 0.3) is 0 Å². The minimum Gasteiger partial charge on any atom is -0.480 e. The quantitative estimate of drug-likeness (QED) is 0.429. The third-order valence-electron chi connectivity index (χ3n) is 6.43. The van der Waals surface area contributed by atoms with Crippen LogP contribution in [-0.2, 0) is 20.7 Å². The Kier molecular flexibility index (Phi) is 7.34. The molecule has 7 nitrogen and oxygen atoms in total. The lowest BCUT2D eigenvalue weighted by Gasteiger charge is -2.26. The van der Waals surface area contributed by atoms with Gasteiger partial charge in [0.2, 0.25) is 0 Å². The molecule has 1 amide bonds. The zero-order valence-electron chi connectivity index (χ0n) is 21.4. The predicted molar refractivity (Wildman–Crippen MR) is 140 cm³/mol. The van der Waals surface area contributed by atoms with E-state index in [4.69, 9.17) is 9.47 Å². The summed E-state index contributed by atoms with van der Waals surface area (Å²) < 4.78 is 11.1. The van der Waals surface area contributed by atoms with E-state index in [1.165, 1.54) is 7.05 Å². The fourth-order valence-corrected chi connectivity index (χ4v) is 4.65. The van der Waals surface area contributed by atoms with E-state index in [-0.39, 0.29) is 24.5 Å². The topological polar surface area (TPSA) is 93.1 Å². The summed E-state index contributed by atoms with van der Waals surface area (Å²) in [7, 11) is 1.40. The molecule has 4 rings (SSSR count). The molecule has 1 atom stereocenters. The van der Waals surface area contributed by atoms with Gasteiger partial charge in [-0.15, -0.1) is 0 Å². The highest BCUT2D eigenvalue weighted by molar-refractivity contribution is 5.92. The van der Waals surface area contributed by atoms with Gasteiger partial charge in [-0.3, -0.25) is 4.90 Å². The molecule has 1 aliphatic carbocycles. The van der Waals surface area contributed by atoms with Crippen LogP contribution in [-0.4, -0.2) is 53.3 Å². The van der Waals surface area contributed by atoms with Gasteiger partial charge in [-0.05, 0) is 54.7 Å². The van der Waals surface area contributed by atoms with Crippen LogP contribution >= 0.6 is 0 Å². The van der Waals surface area contributed by atoms with E-state index in [1.54, 1.807) is 45.0 Å². The summed E-state index contributed by atoms with van der Waals surface area (Å²) in [5, 5.41) is 9.94. The third kappa shape index (κ3) is 5.66. The van der Waals surface area contributed by atoms with Crippen molar-refractivity contribution in [2.45, 2.75) is 44.8 Å². The van der Waals surface area contributed by atoms with E-state index >= 15 is 0 Å². The fraction of sp³-hybridized carbons (Fsp3) is 0.300. The maximum atomic E-state index is 13.0. The van der Waals surface area contributed by atoms with Crippen LogP contribution in [0, 0.1) is 0 Å². The number of aliphatic carboxylic acids is 1. The van der Waals surface area contributed by atoms with Crippen LogP contribution in [0.3, 0.4) is 0 Å². The number of hydrogen-bond donors (Lipinski definition) is 1. The lowest BCUT2D eigenvalue weighted by Crippen LogP contribution is -2.44. The first kappa shape index (κ1) is 25.9. The number of rotatable bonds is 7. The lowest BCUT2D eigenvalue weighted by molar-refractivity contribution is -0.142. The number of amides is 1. The zero-order valence-corrected chi connectivity index (χ0v) is 21.4. The monoisotopic (exact) mass is 501 g/mol. The Morgan fingerprint density at radius 1 is 0.892 bits per heavy atom. The van der Waals surface area contributed by atoms with Crippen LogP contribution in [0.1, 0.15) is 53.7 Å². The van der Waals surface area contributed by atoms with Gasteiger partial charge in [-0.2, -0.15) is 0 Å². The van der Waals surface area contributed by atoms with Gasteiger partial charge in [0.15, 0.2) is 0 Å². The molecule has 3 aromatic carbocycles. The Morgan fingerprint density at radius 3 is 2.00 bits per heavy atom. The number of carbonyl (C=O) groups excluding carboxylic acids is 2. The first-order valence-corrected chi connectivity index (χ1v) is 12.2. The number of esters is 1. The number of ether oxygens (including phenoxy) is 2. The van der Waals surface area contributed by atoms with Crippen molar-refractivity contribution in [3.63, 3.8) is 0 Å². The van der Waals surface area contributed by atoms with Crippen molar-refractivity contribution in [1.29, 1.82) is 0 Å². The van der Waals surface area contributed by atoms with Gasteiger partial charge in [0.05, 0.1) is 5.56 Å². The molecule has 0 spiro atoms. The largest absolute Gasteiger partial charge is 0.480 e. The highest BCUT2D eigenvalue weighted by Crippen LogP contribution is 2.44. The third-order valence-corrected chi connectivity index (χ3v) is 6.43. The van der Waals surface area contributed by atoms with Gasteiger partial charge in [0, 0.05) is 19.4 Å². The second kappa shape index (κ2) is 10.5. The predicted octanol–water partition coefficient (Wildman–Crippen LogP) is 5.52. The van der Waals surface area contributed by atoms with E-state index in [2.05, 4.69) is 0 Å². The smallest absolute Gasteiger partial charge is 0.410 e. The normalized spacial score (nSPS) is 13.3. The summed E-state index contributed by atoms with van der Waals surface area (Å²) in [5.74, 6) is -1.88. The van der Waals surface area contributed by atoms with Gasteiger partial charge in [-0.25, -0.2) is 14.4 Å². The molecule has 0 bridgehead atoms. The number of carboxylic acid groups (broad SMARTS) is 1. The van der Waals surface area contributed by atoms with Crippen LogP contribution in [0.15, 0.2) is 72.8 Å². The zero-order chi connectivity index (χ0) is 26.7. The van der Waals surface area contributed by atoms with E-state index in [0.29, 0.717) is 5.56 Å². The summed E-state index contributed by atoms with van der Waals surface area (Å²) in [6.07, 6.45) is -0.824. The average molecular weight is 502 g/mol. The molecule has 0 aromatic heterocycles. The summed E-state index contributed by atoms with van der Waals surface area (Å²) in [6.45, 7) is 5.37. The Bertz CT molecular complexity index is 1280. The number of benzene rings is 3. The molecular formula is C30H31NO6. The molecule has 37 heavy (non-hydrogen) atoms. The molecule has 1 N–H and O–H groups in total. The van der Waals surface area contributed by atoms with Gasteiger partial charge < -0.3 is 14.6 Å². The first-order valence-electron chi connectivity index (χ1n) is 12.2. The Balaban J connectivity index is 1.49. The fourth-order valence-electron chi connectivity index (χ4n) is 4.65. The molecule has 3 aromatic rings. The van der Waals surface area contributed by atoms with E-state index in [0.717, 1.165) is 27.2 Å². The molecule has 0 aliphatic heterocycles. The Labute approximate surface area is 216 Å². The van der Waals surface area contributed by atoms with Crippen LogP contribution in [0.5, 0.6) is 0 Å². The molecule has 0 unspecified atom stereocenters. The SMILES string of the molecule is CN(C(=O)OCC1c2ccccc2-c2ccccc21)[C@H](Cc1ccccc1C(=O)OC(C)(C)C)C(=O)O. The number of nitrogens with zero attached hydrogens (tertiary/aromatic N) is 1. The molecule has 0 radical (unpaired) electrons. The minimum absolute atomic E-state index is 0.0779. The van der Waals surface area contributed by atoms with E-state index < -0.39 is 29.7 Å². The van der Waals surface area contributed by atoms with E-state index in [9.17, 15) is 19.5 Å². The van der Waals surface area contributed by atoms with Crippen molar-refractivity contribution in [1.82, 2.24) is 4.90 Å². The maximum absolute atomic E-state index is 13.0. The molecule has 0 saturated carbocycles. The molecule has 1 aliphatic rings. The van der Waals surface area contributed by atoms with Crippen molar-refractivity contribution < 1.29 is 29.0 Å². The van der Waals surface area contributed by atoms with Gasteiger partial charge in [-0.1, -0.05) is 66.7 Å². The number of fused-ring (bicyclic) bond motifs is 3. The molecule has 192 valence electrons. The molecule has 0 saturated heterocycles. The second-order valence-electron chi connectivity index (χ2n) is 10.1. The summed E-state index contributed by atoms with van der Waals surface area (Å²) in [5.41, 5.74) is 4.39. The number of carbonyl (C=O) groups is 3. The molecular weight excluding hydrogens is 470 g/mol. The van der Waals surface area contributed by atoms with Gasteiger partial charge >= 0.3 is 18.0 Å². The van der Waals surface area contributed by atoms with Crippen LogP contribution in [0.2, 0.25) is 0 Å². The van der Waals surface area contributed by atoms with Crippen molar-refractivity contribution in [3.8, 4) is 11.1 Å². The summed E-state index contributed by atoms with van der Waals surface area (Å²) in [4.78, 5) is 39.0. The van der Waals surface area contributed by atoms with Crippen LogP contribution in [0.4, 0.5) is 4.79 Å². The highest BCUT2D eigenvalue weighted by atomic mass is 16.6. The number of likely N-dealkylation sites (N-methyl/N-ethyl adjacent to an activating group) is 1. The summed E-state index contributed by atoms with van der Waals surface area (Å²) >= 11 is 0. The van der Waals surface area contributed by atoms with Crippen molar-refractivity contribution in [2.75, 3.05) is 13.7 Å². The number of carboxylic acids is 1. The van der Waals surface area contributed by atoms with Crippen molar-refractivity contribution in [2.24, 2.45) is 0 Å². The van der Waals surface area contributed by atoms with Crippen molar-refractivity contribution >= 4 is 18.0 Å². The molecule has 7 heteroatoms. The minimum atomic E-state index is -1.24. The second-order valence-corrected chi connectivity index (χ2v) is 10.1. The lowest BCUT2D eigenvalue weighted by atomic mass is 9.98. The van der Waals surface area contributed by atoms with Crippen LogP contribution in [0.25, 0.3) is 11.1 Å². The molecule has 0 heterocycles. The number of hydrogen-bond acceptors (Lipinski definition) is 5. The average Bonchev–Trinajstić information content (AvgIpc) is 3.18. The summed E-state index contributed by atoms with van der Waals surface area (Å²) in [6, 6.07) is 21.4. The Morgan fingerprint density at radius 2 is 1.43 bits per heavy atom. The maximum Gasteiger partial charge on any atom is 0.410 e. The highest BCUT2D eigenvalue weighted by Gasteiger charge is 2.33. The van der Waals surface area contributed by atoms with Crippen molar-refractivity contribution in [3.05, 3.63) is 95.1 Å². The standard InChI is InChI=1S/C30H31NO6/c1-30(2,3)37-28(34)20-12-6-5-11-19(20)17-26(27(32)33)31(4)29(35)36-18-25-23-15-9-7-13-21(23)22-14-8-10-16-24(22)25/h5-16,25-26H,17-18H2,1-4H3,(H,32,33)/t26-/m1/s1. The Hall–Kier alpha value is -4.13. The molecule has 0 fully saturated rings. The van der Waals surface area contributed by atoms with Crippen LogP contribution < -0.4 is 0 Å². The first-order chi connectivity index (χ1) is 17.6. The van der Waals surface area contributed by atoms with E-state index in [1.807, 2.05) is 48.5 Å². The van der Waals surface area contributed by atoms with Gasteiger partial charge in [0.1, 0.15) is 18.2 Å².